The molecule has 0 spiro atoms. The summed E-state index contributed by atoms with van der Waals surface area (Å²) in [5.74, 6) is 0. The fraction of sp³-hybridized carbons (Fsp3) is 0. The van der Waals surface area contributed by atoms with Gasteiger partial charge in [-0.05, 0) is 35.4 Å². The zero-order chi connectivity index (χ0) is 12.5. The van der Waals surface area contributed by atoms with Crippen molar-refractivity contribution in [1.82, 2.24) is 0 Å². The van der Waals surface area contributed by atoms with Gasteiger partial charge in [-0.2, -0.15) is 8.42 Å². The van der Waals surface area contributed by atoms with Crippen molar-refractivity contribution in [3.8, 4) is 11.1 Å². The van der Waals surface area contributed by atoms with E-state index >= 15 is 0 Å². The Bertz CT molecular complexity index is 650. The van der Waals surface area contributed by atoms with E-state index in [1.165, 1.54) is 12.1 Å². The van der Waals surface area contributed by atoms with E-state index in [1.807, 2.05) is 6.07 Å². The van der Waals surface area contributed by atoms with Crippen molar-refractivity contribution in [3.05, 3.63) is 53.6 Å². The first-order valence-electron chi connectivity index (χ1n) is 4.80. The van der Waals surface area contributed by atoms with Gasteiger partial charge in [0.2, 0.25) is 0 Å². The first-order chi connectivity index (χ1) is 7.97. The molecule has 2 aromatic rings. The summed E-state index contributed by atoms with van der Waals surface area (Å²) in [4.78, 5) is -0.130. The zero-order valence-electron chi connectivity index (χ0n) is 8.67. The predicted molar refractivity (Wildman–Crippen MR) is 66.7 cm³/mol. The van der Waals surface area contributed by atoms with Gasteiger partial charge in [0, 0.05) is 5.02 Å². The minimum Gasteiger partial charge on any atom is -0.282 e. The molecule has 0 amide bonds. The summed E-state index contributed by atoms with van der Waals surface area (Å²) < 4.78 is 31.0. The van der Waals surface area contributed by atoms with Gasteiger partial charge in [0.1, 0.15) is 0 Å². The van der Waals surface area contributed by atoms with E-state index < -0.39 is 10.1 Å². The summed E-state index contributed by atoms with van der Waals surface area (Å²) >= 11 is 5.86. The molecule has 0 saturated carbocycles. The van der Waals surface area contributed by atoms with Crippen LogP contribution in [0.2, 0.25) is 5.02 Å². The van der Waals surface area contributed by atoms with Gasteiger partial charge in [-0.25, -0.2) is 0 Å². The quantitative estimate of drug-likeness (QED) is 0.851. The average molecular weight is 269 g/mol. The number of hydrogen-bond donors (Lipinski definition) is 1. The van der Waals surface area contributed by atoms with E-state index in [1.54, 1.807) is 30.3 Å². The lowest BCUT2D eigenvalue weighted by Gasteiger charge is -2.04. The van der Waals surface area contributed by atoms with Crippen molar-refractivity contribution in [2.75, 3.05) is 0 Å². The van der Waals surface area contributed by atoms with Crippen molar-refractivity contribution in [2.24, 2.45) is 0 Å². The molecule has 0 aliphatic heterocycles. The first-order valence-corrected chi connectivity index (χ1v) is 6.62. The second-order valence-electron chi connectivity index (χ2n) is 3.51. The van der Waals surface area contributed by atoms with Crippen LogP contribution in [-0.2, 0) is 10.1 Å². The van der Waals surface area contributed by atoms with Crippen LogP contribution in [-0.4, -0.2) is 13.0 Å². The molecule has 0 saturated heterocycles. The van der Waals surface area contributed by atoms with Gasteiger partial charge >= 0.3 is 0 Å². The molecule has 0 radical (unpaired) electrons. The summed E-state index contributed by atoms with van der Waals surface area (Å²) in [6.45, 7) is 0. The highest BCUT2D eigenvalue weighted by Gasteiger charge is 2.10. The van der Waals surface area contributed by atoms with Crippen molar-refractivity contribution in [2.45, 2.75) is 4.90 Å². The third-order valence-corrected chi connectivity index (χ3v) is 3.37. The number of halogens is 1. The normalized spacial score (nSPS) is 11.4. The molecule has 0 heterocycles. The number of benzene rings is 2. The zero-order valence-corrected chi connectivity index (χ0v) is 10.2. The average Bonchev–Trinajstić information content (AvgIpc) is 2.28. The van der Waals surface area contributed by atoms with Crippen LogP contribution in [0.15, 0.2) is 53.4 Å². The Morgan fingerprint density at radius 3 is 2.12 bits per heavy atom. The minimum absolute atomic E-state index is 0.130. The smallest absolute Gasteiger partial charge is 0.282 e. The van der Waals surface area contributed by atoms with Crippen LogP contribution in [0.1, 0.15) is 0 Å². The molecule has 0 atom stereocenters. The lowest BCUT2D eigenvalue weighted by molar-refractivity contribution is 0.483. The van der Waals surface area contributed by atoms with Gasteiger partial charge in [-0.1, -0.05) is 35.9 Å². The van der Waals surface area contributed by atoms with Crippen molar-refractivity contribution < 1.29 is 13.0 Å². The van der Waals surface area contributed by atoms with E-state index in [-0.39, 0.29) is 4.90 Å². The second-order valence-corrected chi connectivity index (χ2v) is 5.37. The van der Waals surface area contributed by atoms with E-state index in [9.17, 15) is 8.42 Å². The van der Waals surface area contributed by atoms with Crippen LogP contribution < -0.4 is 0 Å². The minimum atomic E-state index is -4.18. The monoisotopic (exact) mass is 268 g/mol. The second kappa shape index (κ2) is 4.49. The van der Waals surface area contributed by atoms with Gasteiger partial charge < -0.3 is 0 Å². The maximum Gasteiger partial charge on any atom is 0.294 e. The van der Waals surface area contributed by atoms with Gasteiger partial charge in [0.05, 0.1) is 4.90 Å². The van der Waals surface area contributed by atoms with Crippen molar-refractivity contribution in [3.63, 3.8) is 0 Å². The standard InChI is InChI=1S/C12H9ClO3S/c13-11-5-1-3-9(7-11)10-4-2-6-12(8-10)17(14,15)16/h1-8H,(H,14,15,16). The summed E-state index contributed by atoms with van der Waals surface area (Å²) in [6.07, 6.45) is 0. The SMILES string of the molecule is O=S(=O)(O)c1cccc(-c2cccc(Cl)c2)c1. The van der Waals surface area contributed by atoms with Crippen LogP contribution in [0.3, 0.4) is 0 Å². The van der Waals surface area contributed by atoms with Gasteiger partial charge in [-0.3, -0.25) is 4.55 Å². The van der Waals surface area contributed by atoms with E-state index in [0.717, 1.165) is 5.56 Å². The molecule has 0 fully saturated rings. The van der Waals surface area contributed by atoms with Gasteiger partial charge in [0.25, 0.3) is 10.1 Å². The fourth-order valence-electron chi connectivity index (χ4n) is 1.50. The Morgan fingerprint density at radius 2 is 1.53 bits per heavy atom. The fourth-order valence-corrected chi connectivity index (χ4v) is 2.22. The van der Waals surface area contributed by atoms with Crippen molar-refractivity contribution in [1.29, 1.82) is 0 Å². The molecule has 2 rings (SSSR count). The molecule has 1 N–H and O–H groups in total. The predicted octanol–water partition coefficient (Wildman–Crippen LogP) is 3.25. The lowest BCUT2D eigenvalue weighted by atomic mass is 10.1. The molecule has 3 nitrogen and oxygen atoms in total. The Hall–Kier alpha value is -1.36. The summed E-state index contributed by atoms with van der Waals surface area (Å²) in [7, 11) is -4.18. The van der Waals surface area contributed by atoms with Crippen LogP contribution in [0, 0.1) is 0 Å². The highest BCUT2D eigenvalue weighted by molar-refractivity contribution is 7.85. The molecule has 5 heteroatoms. The Labute approximate surface area is 104 Å². The maximum absolute atomic E-state index is 11.0. The molecule has 0 aliphatic rings. The van der Waals surface area contributed by atoms with Crippen molar-refractivity contribution >= 4 is 21.7 Å². The highest BCUT2D eigenvalue weighted by Crippen LogP contribution is 2.24. The molecule has 2 aromatic carbocycles. The van der Waals surface area contributed by atoms with Gasteiger partial charge in [0.15, 0.2) is 0 Å². The van der Waals surface area contributed by atoms with Gasteiger partial charge in [-0.15, -0.1) is 0 Å². The molecular weight excluding hydrogens is 260 g/mol. The van der Waals surface area contributed by atoms with E-state index in [2.05, 4.69) is 0 Å². The first kappa shape index (κ1) is 12.1. The Kier molecular flexibility index (Phi) is 3.19. The molecule has 17 heavy (non-hydrogen) atoms. The number of rotatable bonds is 2. The highest BCUT2D eigenvalue weighted by atomic mass is 35.5. The number of hydrogen-bond acceptors (Lipinski definition) is 2. The molecule has 0 unspecified atom stereocenters. The maximum atomic E-state index is 11.0. The largest absolute Gasteiger partial charge is 0.294 e. The summed E-state index contributed by atoms with van der Waals surface area (Å²) in [5, 5.41) is 0.569. The lowest BCUT2D eigenvalue weighted by Crippen LogP contribution is -1.97. The van der Waals surface area contributed by atoms with E-state index in [4.69, 9.17) is 16.2 Å². The summed E-state index contributed by atoms with van der Waals surface area (Å²) in [6, 6.07) is 13.1. The van der Waals surface area contributed by atoms with Crippen LogP contribution in [0.4, 0.5) is 0 Å². The van der Waals surface area contributed by atoms with Crippen LogP contribution >= 0.6 is 11.6 Å². The van der Waals surface area contributed by atoms with Crippen LogP contribution in [0.25, 0.3) is 11.1 Å². The Balaban J connectivity index is 2.54. The Morgan fingerprint density at radius 1 is 0.941 bits per heavy atom. The topological polar surface area (TPSA) is 54.4 Å². The molecule has 0 aromatic heterocycles. The molecule has 88 valence electrons. The molecule has 0 aliphatic carbocycles. The molecule has 0 bridgehead atoms. The molecular formula is C12H9ClO3S. The summed E-state index contributed by atoms with van der Waals surface area (Å²) in [5.41, 5.74) is 1.48. The van der Waals surface area contributed by atoms with Crippen LogP contribution in [0.5, 0.6) is 0 Å². The third kappa shape index (κ3) is 2.85. The third-order valence-electron chi connectivity index (χ3n) is 2.29. The van der Waals surface area contributed by atoms with E-state index in [0.29, 0.717) is 10.6 Å².